The van der Waals surface area contributed by atoms with Crippen molar-refractivity contribution in [2.45, 2.75) is 59.4 Å². The van der Waals surface area contributed by atoms with Gasteiger partial charge < -0.3 is 29.1 Å². The second-order valence-corrected chi connectivity index (χ2v) is 9.80. The van der Waals surface area contributed by atoms with Crippen LogP contribution in [-0.2, 0) is 9.59 Å². The van der Waals surface area contributed by atoms with Gasteiger partial charge in [0.05, 0.1) is 31.9 Å². The van der Waals surface area contributed by atoms with Gasteiger partial charge in [-0.05, 0) is 81.4 Å². The number of nitrogens with zero attached hydrogens (tertiary/aromatic N) is 2. The van der Waals surface area contributed by atoms with E-state index in [2.05, 4.69) is 25.7 Å². The zero-order valence-corrected chi connectivity index (χ0v) is 24.6. The van der Waals surface area contributed by atoms with Crippen molar-refractivity contribution in [3.63, 3.8) is 0 Å². The Hall–Kier alpha value is -3.52. The Morgan fingerprint density at radius 2 is 1.65 bits per heavy atom. The van der Waals surface area contributed by atoms with Gasteiger partial charge in [0.2, 0.25) is 0 Å². The number of benzene rings is 2. The number of rotatable bonds is 16. The molecule has 1 unspecified atom stereocenters. The van der Waals surface area contributed by atoms with Gasteiger partial charge in [0.1, 0.15) is 11.5 Å². The van der Waals surface area contributed by atoms with Crippen molar-refractivity contribution in [3.05, 3.63) is 59.2 Å². The molecule has 3 rings (SSSR count). The van der Waals surface area contributed by atoms with Gasteiger partial charge in [-0.1, -0.05) is 39.7 Å². The van der Waals surface area contributed by atoms with Crippen molar-refractivity contribution >= 4 is 17.4 Å². The minimum Gasteiger partial charge on any atom is -0.507 e. The third-order valence-electron chi connectivity index (χ3n) is 7.26. The number of methoxy groups -OCH3 is 1. The van der Waals surface area contributed by atoms with Crippen molar-refractivity contribution < 1.29 is 28.9 Å². The van der Waals surface area contributed by atoms with Crippen molar-refractivity contribution in [2.24, 2.45) is 0 Å². The predicted molar refractivity (Wildman–Crippen MR) is 157 cm³/mol. The molecular formula is C32H44N2O6. The Balaban J connectivity index is 2.05. The van der Waals surface area contributed by atoms with Gasteiger partial charge in [-0.25, -0.2) is 0 Å². The summed E-state index contributed by atoms with van der Waals surface area (Å²) in [6.07, 6.45) is 3.82. The quantitative estimate of drug-likeness (QED) is 0.122. The molecule has 1 aliphatic rings. The maximum Gasteiger partial charge on any atom is 0.295 e. The Bertz CT molecular complexity index is 1160. The fourth-order valence-corrected chi connectivity index (χ4v) is 4.98. The molecule has 1 N–H and O–H groups in total. The number of hydrogen-bond donors (Lipinski definition) is 1. The van der Waals surface area contributed by atoms with Gasteiger partial charge in [0.15, 0.2) is 11.5 Å². The lowest BCUT2D eigenvalue weighted by Crippen LogP contribution is -2.33. The lowest BCUT2D eigenvalue weighted by atomic mass is 9.95. The number of Topliss-reactive ketones (excluding diaryl/α,β-unsaturated/α-hetero) is 1. The lowest BCUT2D eigenvalue weighted by Gasteiger charge is -2.27. The Morgan fingerprint density at radius 1 is 0.925 bits per heavy atom. The number of carbonyl (C=O) groups excluding carboxylic acids is 2. The highest BCUT2D eigenvalue weighted by Gasteiger charge is 2.46. The first-order valence-corrected chi connectivity index (χ1v) is 14.4. The van der Waals surface area contributed by atoms with Crippen LogP contribution in [0.2, 0.25) is 0 Å². The summed E-state index contributed by atoms with van der Waals surface area (Å²) >= 11 is 0. The van der Waals surface area contributed by atoms with E-state index in [1.54, 1.807) is 36.3 Å². The van der Waals surface area contributed by atoms with E-state index in [0.29, 0.717) is 54.6 Å². The SMILES string of the molecule is CCCCCOc1ccc(C2/C(=C(\O)c3ccc(OC)cc3)C(=O)C(=O)N2CCCN(CC)CC)cc1OCC. The number of hydrogen-bond acceptors (Lipinski definition) is 7. The molecule has 1 amide bonds. The largest absolute Gasteiger partial charge is 0.507 e. The van der Waals surface area contributed by atoms with E-state index in [9.17, 15) is 14.7 Å². The molecule has 0 saturated carbocycles. The number of amides is 1. The number of aliphatic hydroxyl groups excluding tert-OH is 1. The van der Waals surface area contributed by atoms with Gasteiger partial charge >= 0.3 is 0 Å². The molecule has 1 atom stereocenters. The number of carbonyl (C=O) groups is 2. The van der Waals surface area contributed by atoms with Crippen LogP contribution < -0.4 is 14.2 Å². The molecule has 40 heavy (non-hydrogen) atoms. The number of aliphatic hydroxyl groups is 1. The molecule has 2 aromatic rings. The first-order chi connectivity index (χ1) is 19.4. The summed E-state index contributed by atoms with van der Waals surface area (Å²) in [7, 11) is 1.56. The normalized spacial score (nSPS) is 16.6. The molecule has 1 saturated heterocycles. The third-order valence-corrected chi connectivity index (χ3v) is 7.26. The first kappa shape index (κ1) is 31.0. The van der Waals surface area contributed by atoms with Gasteiger partial charge in [-0.2, -0.15) is 0 Å². The van der Waals surface area contributed by atoms with Gasteiger partial charge in [-0.15, -0.1) is 0 Å². The molecule has 0 radical (unpaired) electrons. The molecule has 0 spiro atoms. The molecule has 0 aromatic heterocycles. The molecule has 1 heterocycles. The standard InChI is InChI=1S/C32H44N2O6/c1-6-10-11-21-40-26-18-15-24(22-27(26)39-9-4)29-28(30(35)23-13-16-25(38-5)17-14-23)31(36)32(37)34(29)20-12-19-33(7-2)8-3/h13-18,22,29,35H,6-12,19-21H2,1-5H3/b30-28+. The lowest BCUT2D eigenvalue weighted by molar-refractivity contribution is -0.140. The van der Waals surface area contributed by atoms with Crippen LogP contribution in [0, 0.1) is 0 Å². The zero-order valence-electron chi connectivity index (χ0n) is 24.6. The van der Waals surface area contributed by atoms with Crippen LogP contribution in [0.1, 0.15) is 70.5 Å². The summed E-state index contributed by atoms with van der Waals surface area (Å²) in [6, 6.07) is 11.5. The van der Waals surface area contributed by atoms with Gasteiger partial charge in [0, 0.05) is 12.1 Å². The summed E-state index contributed by atoms with van der Waals surface area (Å²) < 4.78 is 17.2. The fraction of sp³-hybridized carbons (Fsp3) is 0.500. The number of ketones is 1. The van der Waals surface area contributed by atoms with Crippen LogP contribution in [0.3, 0.4) is 0 Å². The maximum absolute atomic E-state index is 13.4. The minimum absolute atomic E-state index is 0.0667. The van der Waals surface area contributed by atoms with E-state index in [0.717, 1.165) is 38.9 Å². The second kappa shape index (κ2) is 15.3. The molecule has 2 aromatic carbocycles. The van der Waals surface area contributed by atoms with Crippen molar-refractivity contribution in [1.82, 2.24) is 9.80 Å². The van der Waals surface area contributed by atoms with Gasteiger partial charge in [-0.3, -0.25) is 9.59 Å². The van der Waals surface area contributed by atoms with E-state index in [1.165, 1.54) is 0 Å². The molecule has 218 valence electrons. The van der Waals surface area contributed by atoms with Crippen molar-refractivity contribution in [1.29, 1.82) is 0 Å². The average Bonchev–Trinajstić information content (AvgIpc) is 3.23. The molecular weight excluding hydrogens is 508 g/mol. The fourth-order valence-electron chi connectivity index (χ4n) is 4.98. The number of ether oxygens (including phenoxy) is 3. The van der Waals surface area contributed by atoms with Gasteiger partial charge in [0.25, 0.3) is 11.7 Å². The molecule has 0 bridgehead atoms. The van der Waals surface area contributed by atoms with E-state index in [4.69, 9.17) is 14.2 Å². The summed E-state index contributed by atoms with van der Waals surface area (Å²) in [6.45, 7) is 12.3. The van der Waals surface area contributed by atoms with E-state index < -0.39 is 17.7 Å². The average molecular weight is 553 g/mol. The summed E-state index contributed by atoms with van der Waals surface area (Å²) in [5, 5.41) is 11.4. The van der Waals surface area contributed by atoms with E-state index >= 15 is 0 Å². The highest BCUT2D eigenvalue weighted by Crippen LogP contribution is 2.42. The summed E-state index contributed by atoms with van der Waals surface area (Å²) in [4.78, 5) is 30.7. The Morgan fingerprint density at radius 3 is 2.27 bits per heavy atom. The van der Waals surface area contributed by atoms with E-state index in [1.807, 2.05) is 25.1 Å². The predicted octanol–water partition coefficient (Wildman–Crippen LogP) is 5.82. The molecule has 0 aliphatic carbocycles. The van der Waals surface area contributed by atoms with E-state index in [-0.39, 0.29) is 11.3 Å². The monoisotopic (exact) mass is 552 g/mol. The second-order valence-electron chi connectivity index (χ2n) is 9.80. The molecule has 1 aliphatic heterocycles. The zero-order chi connectivity index (χ0) is 29.1. The molecule has 8 nitrogen and oxygen atoms in total. The van der Waals surface area contributed by atoms with Crippen LogP contribution in [0.4, 0.5) is 0 Å². The number of unbranched alkanes of at least 4 members (excludes halogenated alkanes) is 2. The topological polar surface area (TPSA) is 88.5 Å². The highest BCUT2D eigenvalue weighted by atomic mass is 16.5. The smallest absolute Gasteiger partial charge is 0.295 e. The molecule has 8 heteroatoms. The Kier molecular flexibility index (Phi) is 11.9. The Labute approximate surface area is 238 Å². The van der Waals surface area contributed by atoms with Crippen LogP contribution in [0.15, 0.2) is 48.0 Å². The van der Waals surface area contributed by atoms with Crippen LogP contribution in [0.25, 0.3) is 5.76 Å². The minimum atomic E-state index is -0.757. The van der Waals surface area contributed by atoms with Crippen molar-refractivity contribution in [3.8, 4) is 17.2 Å². The summed E-state index contributed by atoms with van der Waals surface area (Å²) in [5.74, 6) is 0.275. The van der Waals surface area contributed by atoms with Crippen LogP contribution in [-0.4, -0.2) is 73.1 Å². The van der Waals surface area contributed by atoms with Crippen LogP contribution in [0.5, 0.6) is 17.2 Å². The van der Waals surface area contributed by atoms with Crippen molar-refractivity contribution in [2.75, 3.05) is 46.5 Å². The first-order valence-electron chi connectivity index (χ1n) is 14.4. The molecule has 1 fully saturated rings. The van der Waals surface area contributed by atoms with Crippen LogP contribution >= 0.6 is 0 Å². The maximum atomic E-state index is 13.4. The highest BCUT2D eigenvalue weighted by molar-refractivity contribution is 6.46. The third kappa shape index (κ3) is 7.36. The number of likely N-dealkylation sites (tertiary alicyclic amines) is 1. The summed E-state index contributed by atoms with van der Waals surface area (Å²) in [5.41, 5.74) is 1.19.